The Balaban J connectivity index is 4.43. The molecule has 69 heavy (non-hydrogen) atoms. The molecule has 6 nitrogen and oxygen atoms in total. The van der Waals surface area contributed by atoms with Crippen LogP contribution >= 0.6 is 0 Å². The Morgan fingerprint density at radius 1 is 0.304 bits per heavy atom. The van der Waals surface area contributed by atoms with Crippen molar-refractivity contribution >= 4 is 17.9 Å². The standard InChI is InChI=1S/C63H104O6/c1-4-7-10-13-16-19-22-25-27-29-30-31-32-34-35-38-41-44-47-50-53-56-62(65)68-59-60(58-67-61(64)55-52-49-46-43-40-37-24-21-18-15-12-9-6-3)69-63(66)57-54-51-48-45-42-39-36-33-28-26-23-20-17-14-11-8-5-2/h8-9,11-12,17-18,20-22,25-26,28-30,36-37,39-40,60H,4-7,10,13-16,19,23-24,27,31-35,38,41-59H2,1-3H3/b11-8-,12-9-,20-17-,21-18-,25-22-,28-26-,30-29-,39-36-,40-37-. The zero-order chi connectivity index (χ0) is 50.0. The summed E-state index contributed by atoms with van der Waals surface area (Å²) in [4.78, 5) is 38.1. The van der Waals surface area contributed by atoms with Gasteiger partial charge in [-0.25, -0.2) is 0 Å². The molecule has 0 rings (SSSR count). The Kier molecular flexibility index (Phi) is 53.4. The molecule has 0 aromatic rings. The normalized spacial score (nSPS) is 12.9. The van der Waals surface area contributed by atoms with Gasteiger partial charge in [-0.05, 0) is 122 Å². The quantitative estimate of drug-likeness (QED) is 0.0262. The molecule has 6 heteroatoms. The topological polar surface area (TPSA) is 78.9 Å². The maximum absolute atomic E-state index is 12.8. The van der Waals surface area contributed by atoms with E-state index in [1.807, 2.05) is 0 Å². The third-order valence-corrected chi connectivity index (χ3v) is 11.7. The molecule has 0 aliphatic heterocycles. The number of ether oxygens (including phenoxy) is 3. The highest BCUT2D eigenvalue weighted by Crippen LogP contribution is 2.14. The Morgan fingerprint density at radius 2 is 0.565 bits per heavy atom. The van der Waals surface area contributed by atoms with Gasteiger partial charge in [-0.3, -0.25) is 14.4 Å². The van der Waals surface area contributed by atoms with E-state index in [1.165, 1.54) is 83.5 Å². The van der Waals surface area contributed by atoms with E-state index in [2.05, 4.69) is 130 Å². The van der Waals surface area contributed by atoms with Crippen LogP contribution < -0.4 is 0 Å². The van der Waals surface area contributed by atoms with Gasteiger partial charge in [-0.15, -0.1) is 0 Å². The molecular weight excluding hydrogens is 853 g/mol. The van der Waals surface area contributed by atoms with Crippen LogP contribution in [-0.4, -0.2) is 37.2 Å². The van der Waals surface area contributed by atoms with Crippen LogP contribution in [0.5, 0.6) is 0 Å². The maximum atomic E-state index is 12.8. The van der Waals surface area contributed by atoms with Gasteiger partial charge >= 0.3 is 17.9 Å². The monoisotopic (exact) mass is 957 g/mol. The summed E-state index contributed by atoms with van der Waals surface area (Å²) < 4.78 is 16.8. The average Bonchev–Trinajstić information content (AvgIpc) is 3.35. The van der Waals surface area contributed by atoms with E-state index in [-0.39, 0.29) is 37.5 Å². The summed E-state index contributed by atoms with van der Waals surface area (Å²) in [6, 6.07) is 0. The van der Waals surface area contributed by atoms with Crippen LogP contribution in [0.4, 0.5) is 0 Å². The van der Waals surface area contributed by atoms with E-state index < -0.39 is 6.10 Å². The van der Waals surface area contributed by atoms with Gasteiger partial charge in [-0.1, -0.05) is 220 Å². The highest BCUT2D eigenvalue weighted by atomic mass is 16.6. The molecular formula is C63H104O6. The largest absolute Gasteiger partial charge is 0.462 e. The summed E-state index contributed by atoms with van der Waals surface area (Å²) in [7, 11) is 0. The van der Waals surface area contributed by atoms with Crippen molar-refractivity contribution in [1.29, 1.82) is 0 Å². The third kappa shape index (κ3) is 54.9. The minimum Gasteiger partial charge on any atom is -0.462 e. The molecule has 0 aliphatic rings. The highest BCUT2D eigenvalue weighted by molar-refractivity contribution is 5.71. The van der Waals surface area contributed by atoms with Crippen LogP contribution in [-0.2, 0) is 28.6 Å². The van der Waals surface area contributed by atoms with Gasteiger partial charge in [0.2, 0.25) is 0 Å². The number of carbonyl (C=O) groups is 3. The zero-order valence-corrected chi connectivity index (χ0v) is 44.8. The fourth-order valence-electron chi connectivity index (χ4n) is 7.54. The zero-order valence-electron chi connectivity index (χ0n) is 44.8. The smallest absolute Gasteiger partial charge is 0.306 e. The maximum Gasteiger partial charge on any atom is 0.306 e. The fraction of sp³-hybridized carbons (Fsp3) is 0.667. The van der Waals surface area contributed by atoms with E-state index in [9.17, 15) is 14.4 Å². The molecule has 0 N–H and O–H groups in total. The predicted octanol–water partition coefficient (Wildman–Crippen LogP) is 19.1. The van der Waals surface area contributed by atoms with Gasteiger partial charge in [0.25, 0.3) is 0 Å². The highest BCUT2D eigenvalue weighted by Gasteiger charge is 2.19. The van der Waals surface area contributed by atoms with Crippen molar-refractivity contribution in [2.24, 2.45) is 0 Å². The first-order chi connectivity index (χ1) is 34.0. The van der Waals surface area contributed by atoms with Crippen LogP contribution in [0.25, 0.3) is 0 Å². The summed E-state index contributed by atoms with van der Waals surface area (Å²) in [5.41, 5.74) is 0. The molecule has 0 aromatic carbocycles. The lowest BCUT2D eigenvalue weighted by Crippen LogP contribution is -2.30. The van der Waals surface area contributed by atoms with Crippen molar-refractivity contribution in [2.75, 3.05) is 13.2 Å². The van der Waals surface area contributed by atoms with Gasteiger partial charge in [0.05, 0.1) is 0 Å². The van der Waals surface area contributed by atoms with Crippen molar-refractivity contribution in [1.82, 2.24) is 0 Å². The Labute approximate surface area is 425 Å². The van der Waals surface area contributed by atoms with Crippen LogP contribution in [0.15, 0.2) is 109 Å². The minimum atomic E-state index is -0.807. The van der Waals surface area contributed by atoms with Crippen molar-refractivity contribution < 1.29 is 28.6 Å². The number of carbonyl (C=O) groups excluding carboxylic acids is 3. The molecule has 0 saturated carbocycles. The number of hydrogen-bond acceptors (Lipinski definition) is 6. The lowest BCUT2D eigenvalue weighted by Gasteiger charge is -2.18. The summed E-state index contributed by atoms with van der Waals surface area (Å²) in [6.45, 7) is 6.35. The van der Waals surface area contributed by atoms with Crippen LogP contribution in [0.3, 0.4) is 0 Å². The SMILES string of the molecule is CC/C=C\C/C=C\C/C=C\C/C=C\CCCCCCC(=O)OC(COC(=O)CCCCC/C=C\C/C=C\C/C=C\CC)COC(=O)CCCCCCCCCCC/C=C\C/C=C\CCCCCCC. The molecule has 392 valence electrons. The van der Waals surface area contributed by atoms with E-state index >= 15 is 0 Å². The second-order valence-corrected chi connectivity index (χ2v) is 18.4. The Bertz CT molecular complexity index is 1420. The summed E-state index contributed by atoms with van der Waals surface area (Å²) >= 11 is 0. The predicted molar refractivity (Wildman–Crippen MR) is 297 cm³/mol. The molecule has 0 amide bonds. The second kappa shape index (κ2) is 56.7. The van der Waals surface area contributed by atoms with E-state index in [4.69, 9.17) is 14.2 Å². The van der Waals surface area contributed by atoms with Gasteiger partial charge in [0.15, 0.2) is 6.10 Å². The van der Waals surface area contributed by atoms with Crippen molar-refractivity contribution in [3.8, 4) is 0 Å². The first-order valence-corrected chi connectivity index (χ1v) is 28.4. The van der Waals surface area contributed by atoms with Crippen LogP contribution in [0, 0.1) is 0 Å². The van der Waals surface area contributed by atoms with Gasteiger partial charge in [0, 0.05) is 19.3 Å². The number of esters is 3. The summed E-state index contributed by atoms with van der Waals surface area (Å²) in [6.07, 6.45) is 76.5. The molecule has 0 aromatic heterocycles. The van der Waals surface area contributed by atoms with Crippen LogP contribution in [0.2, 0.25) is 0 Å². The number of rotatable bonds is 50. The van der Waals surface area contributed by atoms with Gasteiger partial charge in [0.1, 0.15) is 13.2 Å². The minimum absolute atomic E-state index is 0.101. The molecule has 0 fully saturated rings. The van der Waals surface area contributed by atoms with E-state index in [1.54, 1.807) is 0 Å². The van der Waals surface area contributed by atoms with Gasteiger partial charge < -0.3 is 14.2 Å². The molecule has 0 heterocycles. The molecule has 0 aliphatic carbocycles. The van der Waals surface area contributed by atoms with Crippen molar-refractivity contribution in [3.05, 3.63) is 109 Å². The van der Waals surface area contributed by atoms with E-state index in [0.717, 1.165) is 128 Å². The first-order valence-electron chi connectivity index (χ1n) is 28.4. The molecule has 1 atom stereocenters. The molecule has 0 bridgehead atoms. The first kappa shape index (κ1) is 65.1. The van der Waals surface area contributed by atoms with Crippen molar-refractivity contribution in [3.63, 3.8) is 0 Å². The lowest BCUT2D eigenvalue weighted by atomic mass is 10.1. The summed E-state index contributed by atoms with van der Waals surface area (Å²) in [5, 5.41) is 0. The number of hydrogen-bond donors (Lipinski definition) is 0. The molecule has 0 spiro atoms. The summed E-state index contributed by atoms with van der Waals surface area (Å²) in [5.74, 6) is -0.961. The molecule has 1 unspecified atom stereocenters. The number of allylic oxidation sites excluding steroid dienone is 18. The average molecular weight is 958 g/mol. The molecule has 0 saturated heterocycles. The van der Waals surface area contributed by atoms with E-state index in [0.29, 0.717) is 12.8 Å². The fourth-order valence-corrected chi connectivity index (χ4v) is 7.54. The van der Waals surface area contributed by atoms with Gasteiger partial charge in [-0.2, -0.15) is 0 Å². The lowest BCUT2D eigenvalue weighted by molar-refractivity contribution is -0.167. The molecule has 0 radical (unpaired) electrons. The Hall–Kier alpha value is -3.93. The van der Waals surface area contributed by atoms with Crippen LogP contribution in [0.1, 0.15) is 252 Å². The third-order valence-electron chi connectivity index (χ3n) is 11.7. The Morgan fingerprint density at radius 3 is 0.899 bits per heavy atom. The number of unbranched alkanes of at least 4 members (excludes halogenated alkanes) is 21. The second-order valence-electron chi connectivity index (χ2n) is 18.4. The van der Waals surface area contributed by atoms with Crippen molar-refractivity contribution in [2.45, 2.75) is 258 Å².